The molecule has 1 aliphatic rings. The van der Waals surface area contributed by atoms with E-state index in [2.05, 4.69) is 10.6 Å². The van der Waals surface area contributed by atoms with E-state index in [1.807, 2.05) is 30.3 Å². The summed E-state index contributed by atoms with van der Waals surface area (Å²) in [5.41, 5.74) is 2.49. The molecule has 0 saturated carbocycles. The molecule has 0 aliphatic carbocycles. The third-order valence-electron chi connectivity index (χ3n) is 5.61. The standard InChI is InChI=1S/C26H25N3O4/c1-33-21-13-11-20(12-14-21)29-17-19(15-24(29)30)25(31)28-23-10-6-5-9-22(23)26(32)27-16-18-7-3-2-4-8-18/h2-14,19H,15-17H2,1H3,(H,27,32)(H,28,31)/t19-/m0/s1. The number of rotatable bonds is 7. The van der Waals surface area contributed by atoms with E-state index in [0.29, 0.717) is 23.5 Å². The van der Waals surface area contributed by atoms with Gasteiger partial charge < -0.3 is 20.3 Å². The van der Waals surface area contributed by atoms with Gasteiger partial charge in [-0.1, -0.05) is 42.5 Å². The molecule has 1 saturated heterocycles. The lowest BCUT2D eigenvalue weighted by Gasteiger charge is -2.17. The van der Waals surface area contributed by atoms with Gasteiger partial charge in [0.1, 0.15) is 5.75 Å². The molecule has 7 heteroatoms. The fourth-order valence-electron chi connectivity index (χ4n) is 3.79. The number of methoxy groups -OCH3 is 1. The number of hydrogen-bond donors (Lipinski definition) is 2. The molecule has 3 aromatic rings. The van der Waals surface area contributed by atoms with E-state index < -0.39 is 5.92 Å². The van der Waals surface area contributed by atoms with Gasteiger partial charge in [-0.15, -0.1) is 0 Å². The predicted octanol–water partition coefficient (Wildman–Crippen LogP) is 3.62. The Hall–Kier alpha value is -4.13. The van der Waals surface area contributed by atoms with Crippen LogP contribution in [0.5, 0.6) is 5.75 Å². The van der Waals surface area contributed by atoms with Crippen molar-refractivity contribution in [2.24, 2.45) is 5.92 Å². The Labute approximate surface area is 192 Å². The number of hydrogen-bond acceptors (Lipinski definition) is 4. The summed E-state index contributed by atoms with van der Waals surface area (Å²) in [6, 6.07) is 23.6. The fourth-order valence-corrected chi connectivity index (χ4v) is 3.79. The lowest BCUT2D eigenvalue weighted by molar-refractivity contribution is -0.122. The smallest absolute Gasteiger partial charge is 0.253 e. The minimum atomic E-state index is -0.514. The number of para-hydroxylation sites is 1. The van der Waals surface area contributed by atoms with Crippen LogP contribution in [-0.4, -0.2) is 31.4 Å². The molecule has 0 unspecified atom stereocenters. The fraction of sp³-hybridized carbons (Fsp3) is 0.192. The van der Waals surface area contributed by atoms with Crippen molar-refractivity contribution in [2.45, 2.75) is 13.0 Å². The topological polar surface area (TPSA) is 87.7 Å². The first-order valence-corrected chi connectivity index (χ1v) is 10.7. The zero-order valence-electron chi connectivity index (χ0n) is 18.3. The Balaban J connectivity index is 1.41. The molecule has 168 valence electrons. The number of nitrogens with one attached hydrogen (secondary N) is 2. The van der Waals surface area contributed by atoms with Gasteiger partial charge in [-0.2, -0.15) is 0 Å². The number of benzene rings is 3. The van der Waals surface area contributed by atoms with E-state index in [4.69, 9.17) is 4.74 Å². The number of nitrogens with zero attached hydrogens (tertiary/aromatic N) is 1. The van der Waals surface area contributed by atoms with Crippen LogP contribution >= 0.6 is 0 Å². The van der Waals surface area contributed by atoms with Crippen LogP contribution in [0.1, 0.15) is 22.3 Å². The quantitative estimate of drug-likeness (QED) is 0.584. The van der Waals surface area contributed by atoms with Crippen LogP contribution in [0.15, 0.2) is 78.9 Å². The number of carbonyl (C=O) groups is 3. The van der Waals surface area contributed by atoms with E-state index in [-0.39, 0.29) is 30.7 Å². The maximum atomic E-state index is 13.0. The molecule has 0 radical (unpaired) electrons. The minimum Gasteiger partial charge on any atom is -0.497 e. The Morgan fingerprint density at radius 2 is 1.67 bits per heavy atom. The molecule has 1 heterocycles. The Bertz CT molecular complexity index is 1150. The lowest BCUT2D eigenvalue weighted by atomic mass is 10.1. The SMILES string of the molecule is COc1ccc(N2C[C@@H](C(=O)Nc3ccccc3C(=O)NCc3ccccc3)CC2=O)cc1. The second kappa shape index (κ2) is 9.99. The van der Waals surface area contributed by atoms with Crippen molar-refractivity contribution in [2.75, 3.05) is 23.9 Å². The van der Waals surface area contributed by atoms with Gasteiger partial charge in [0.25, 0.3) is 5.91 Å². The molecule has 7 nitrogen and oxygen atoms in total. The second-order valence-electron chi connectivity index (χ2n) is 7.81. The molecule has 2 N–H and O–H groups in total. The molecule has 0 aromatic heterocycles. The minimum absolute atomic E-state index is 0.111. The first-order chi connectivity index (χ1) is 16.0. The van der Waals surface area contributed by atoms with Gasteiger partial charge in [0, 0.05) is 25.2 Å². The Morgan fingerprint density at radius 1 is 0.970 bits per heavy atom. The van der Waals surface area contributed by atoms with Crippen molar-refractivity contribution >= 4 is 29.1 Å². The van der Waals surface area contributed by atoms with Crippen molar-refractivity contribution in [3.8, 4) is 5.75 Å². The maximum absolute atomic E-state index is 13.0. The molecule has 1 atom stereocenters. The van der Waals surface area contributed by atoms with Crippen LogP contribution in [-0.2, 0) is 16.1 Å². The molecule has 0 spiro atoms. The number of ether oxygens (including phenoxy) is 1. The van der Waals surface area contributed by atoms with Gasteiger partial charge in [0.15, 0.2) is 0 Å². The van der Waals surface area contributed by atoms with Crippen molar-refractivity contribution in [1.29, 1.82) is 0 Å². The molecule has 1 fully saturated rings. The molecule has 1 aliphatic heterocycles. The average molecular weight is 444 g/mol. The number of anilines is 2. The highest BCUT2D eigenvalue weighted by molar-refractivity contribution is 6.07. The summed E-state index contributed by atoms with van der Waals surface area (Å²) in [6.07, 6.45) is 0.111. The van der Waals surface area contributed by atoms with Crippen LogP contribution in [0.3, 0.4) is 0 Å². The van der Waals surface area contributed by atoms with Crippen molar-refractivity contribution in [3.05, 3.63) is 90.0 Å². The molecular weight excluding hydrogens is 418 g/mol. The van der Waals surface area contributed by atoms with Gasteiger partial charge in [-0.3, -0.25) is 14.4 Å². The van der Waals surface area contributed by atoms with Crippen molar-refractivity contribution in [3.63, 3.8) is 0 Å². The lowest BCUT2D eigenvalue weighted by Crippen LogP contribution is -2.29. The van der Waals surface area contributed by atoms with Crippen molar-refractivity contribution < 1.29 is 19.1 Å². The number of carbonyl (C=O) groups excluding carboxylic acids is 3. The molecule has 0 bridgehead atoms. The van der Waals surface area contributed by atoms with Gasteiger partial charge in [0.2, 0.25) is 11.8 Å². The van der Waals surface area contributed by atoms with Gasteiger partial charge in [-0.05, 0) is 42.0 Å². The van der Waals surface area contributed by atoms with Crippen LogP contribution < -0.4 is 20.3 Å². The molecule has 3 amide bonds. The summed E-state index contributed by atoms with van der Waals surface area (Å²) < 4.78 is 5.16. The predicted molar refractivity (Wildman–Crippen MR) is 126 cm³/mol. The normalized spacial score (nSPS) is 15.2. The Morgan fingerprint density at radius 3 is 2.39 bits per heavy atom. The highest BCUT2D eigenvalue weighted by atomic mass is 16.5. The molecule has 3 aromatic carbocycles. The van der Waals surface area contributed by atoms with E-state index in [9.17, 15) is 14.4 Å². The largest absolute Gasteiger partial charge is 0.497 e. The van der Waals surface area contributed by atoms with Crippen LogP contribution in [0.2, 0.25) is 0 Å². The van der Waals surface area contributed by atoms with Crippen LogP contribution in [0, 0.1) is 5.92 Å². The summed E-state index contributed by atoms with van der Waals surface area (Å²) in [7, 11) is 1.58. The molecular formula is C26H25N3O4. The number of amides is 3. The summed E-state index contributed by atoms with van der Waals surface area (Å²) >= 11 is 0. The molecule has 4 rings (SSSR count). The monoisotopic (exact) mass is 443 g/mol. The van der Waals surface area contributed by atoms with Crippen LogP contribution in [0.4, 0.5) is 11.4 Å². The van der Waals surface area contributed by atoms with E-state index in [1.54, 1.807) is 60.5 Å². The van der Waals surface area contributed by atoms with Gasteiger partial charge in [0.05, 0.1) is 24.3 Å². The Kier molecular flexibility index (Phi) is 6.69. The first kappa shape index (κ1) is 22.1. The average Bonchev–Trinajstić information content (AvgIpc) is 3.25. The third kappa shape index (κ3) is 5.20. The van der Waals surface area contributed by atoms with E-state index in [1.165, 1.54) is 0 Å². The second-order valence-corrected chi connectivity index (χ2v) is 7.81. The van der Waals surface area contributed by atoms with E-state index in [0.717, 1.165) is 11.3 Å². The highest BCUT2D eigenvalue weighted by Crippen LogP contribution is 2.28. The first-order valence-electron chi connectivity index (χ1n) is 10.7. The van der Waals surface area contributed by atoms with Crippen LogP contribution in [0.25, 0.3) is 0 Å². The third-order valence-corrected chi connectivity index (χ3v) is 5.61. The summed E-state index contributed by atoms with van der Waals surface area (Å²) in [5, 5.41) is 5.72. The van der Waals surface area contributed by atoms with E-state index >= 15 is 0 Å². The summed E-state index contributed by atoms with van der Waals surface area (Å²) in [6.45, 7) is 0.662. The van der Waals surface area contributed by atoms with Crippen molar-refractivity contribution in [1.82, 2.24) is 5.32 Å². The summed E-state index contributed by atoms with van der Waals surface area (Å²) in [4.78, 5) is 39.8. The zero-order chi connectivity index (χ0) is 23.2. The maximum Gasteiger partial charge on any atom is 0.253 e. The summed E-state index contributed by atoms with van der Waals surface area (Å²) in [5.74, 6) is -0.504. The zero-order valence-corrected chi connectivity index (χ0v) is 18.3. The molecule has 33 heavy (non-hydrogen) atoms. The van der Waals surface area contributed by atoms with Gasteiger partial charge in [-0.25, -0.2) is 0 Å². The van der Waals surface area contributed by atoms with Gasteiger partial charge >= 0.3 is 0 Å². The highest BCUT2D eigenvalue weighted by Gasteiger charge is 2.35.